The van der Waals surface area contributed by atoms with Gasteiger partial charge in [0.1, 0.15) is 0 Å². The van der Waals surface area contributed by atoms with E-state index >= 15 is 0 Å². The third-order valence-electron chi connectivity index (χ3n) is 5.31. The first-order valence-electron chi connectivity index (χ1n) is 8.34. The van der Waals surface area contributed by atoms with E-state index in [1.807, 2.05) is 5.57 Å². The van der Waals surface area contributed by atoms with Crippen LogP contribution in [0.15, 0.2) is 53.4 Å². The second-order valence-electron chi connectivity index (χ2n) is 6.85. The van der Waals surface area contributed by atoms with Gasteiger partial charge in [-0.3, -0.25) is 0 Å². The molecular weight excluding hydrogens is 319 g/mol. The Morgan fingerprint density at radius 3 is 2.86 bits per heavy atom. The van der Waals surface area contributed by atoms with Gasteiger partial charge in [0.15, 0.2) is 0 Å². The van der Waals surface area contributed by atoms with E-state index in [1.54, 1.807) is 10.9 Å². The van der Waals surface area contributed by atoms with Gasteiger partial charge in [-0.1, -0.05) is 0 Å². The zero-order valence-corrected chi connectivity index (χ0v) is 15.9. The zero-order chi connectivity index (χ0) is 15.1. The van der Waals surface area contributed by atoms with Gasteiger partial charge < -0.3 is 0 Å². The molecule has 3 atom stereocenters. The predicted octanol–water partition coefficient (Wildman–Crippen LogP) is 5.99. The Kier molecular flexibility index (Phi) is 4.29. The minimum atomic E-state index is -0.00588. The van der Waals surface area contributed by atoms with Gasteiger partial charge in [-0.25, -0.2) is 0 Å². The first-order chi connectivity index (χ1) is 10.7. The van der Waals surface area contributed by atoms with Crippen molar-refractivity contribution in [3.05, 3.63) is 64.5 Å². The molecule has 1 fully saturated rings. The molecule has 0 spiro atoms. The van der Waals surface area contributed by atoms with Gasteiger partial charge in [0.25, 0.3) is 0 Å². The average molecular weight is 342 g/mol. The van der Waals surface area contributed by atoms with Gasteiger partial charge in [0, 0.05) is 0 Å². The number of allylic oxidation sites excluding steroid dienone is 5. The molecule has 1 aromatic carbocycles. The topological polar surface area (TPSA) is 0 Å². The fraction of sp³-hybridized carbons (Fsp3) is 0.400. The molecule has 4 rings (SSSR count). The molecule has 0 aliphatic heterocycles. The molecule has 0 aromatic heterocycles. The van der Waals surface area contributed by atoms with Gasteiger partial charge in [-0.2, -0.15) is 0 Å². The number of hydrogen-bond donors (Lipinski definition) is 0. The first kappa shape index (κ1) is 15.1. The van der Waals surface area contributed by atoms with Gasteiger partial charge in [0.2, 0.25) is 0 Å². The van der Waals surface area contributed by atoms with Gasteiger partial charge in [-0.15, -0.1) is 0 Å². The summed E-state index contributed by atoms with van der Waals surface area (Å²) in [6.07, 6.45) is 13.8. The van der Waals surface area contributed by atoms with Gasteiger partial charge in [-0.05, 0) is 0 Å². The maximum atomic E-state index is 2.52. The second-order valence-corrected chi connectivity index (χ2v) is 11.7. The van der Waals surface area contributed by atoms with Crippen LogP contribution in [-0.4, -0.2) is 13.3 Å². The van der Waals surface area contributed by atoms with E-state index in [0.717, 1.165) is 14.4 Å². The molecule has 0 nitrogen and oxygen atoms in total. The molecule has 2 heteroatoms. The molecule has 3 unspecified atom stereocenters. The zero-order valence-electron chi connectivity index (χ0n) is 13.4. The minimum absolute atomic E-state index is 0.00588. The summed E-state index contributed by atoms with van der Waals surface area (Å²) in [5, 5.41) is 1.77. The van der Waals surface area contributed by atoms with Crippen molar-refractivity contribution in [3.8, 4) is 0 Å². The van der Waals surface area contributed by atoms with E-state index in [9.17, 15) is 0 Å². The standard InChI is InChI=1S/C11H12P.C9H11.Ti/c1-12(2)11-7-9-5-3-4-6-10(9)8-11;1-2-5-9-7-3-6-8(9)4-1;/h3-8H,1-2H3;1-2,4,6,9H,3,5,7H2;. The van der Waals surface area contributed by atoms with Crippen LogP contribution in [-0.2, 0) is 19.2 Å². The summed E-state index contributed by atoms with van der Waals surface area (Å²) in [4.78, 5) is 0. The van der Waals surface area contributed by atoms with Crippen LogP contribution in [0.25, 0.3) is 6.08 Å². The van der Waals surface area contributed by atoms with Crippen LogP contribution < -0.4 is 0 Å². The molecule has 22 heavy (non-hydrogen) atoms. The monoisotopic (exact) mass is 342 g/mol. The van der Waals surface area contributed by atoms with Crippen LogP contribution in [0.5, 0.6) is 0 Å². The molecule has 0 heterocycles. The first-order valence-corrected chi connectivity index (χ1v) is 12.4. The fourth-order valence-electron chi connectivity index (χ4n) is 4.16. The fourth-order valence-corrected chi connectivity index (χ4v) is 9.79. The molecule has 3 aliphatic carbocycles. The van der Waals surface area contributed by atoms with Crippen molar-refractivity contribution in [2.75, 3.05) is 13.3 Å². The Bertz CT molecular complexity index is 668. The van der Waals surface area contributed by atoms with E-state index in [0.29, 0.717) is 0 Å². The van der Waals surface area contributed by atoms with Crippen molar-refractivity contribution in [2.45, 2.75) is 27.7 Å². The third-order valence-corrected chi connectivity index (χ3v) is 10.2. The molecule has 3 aliphatic rings. The van der Waals surface area contributed by atoms with E-state index in [4.69, 9.17) is 0 Å². The third kappa shape index (κ3) is 2.64. The SMILES string of the molecule is CP(C)C1=Cc2ccccc2[CH]1[Ti][CH]1CCC2CC=CC=C21. The van der Waals surface area contributed by atoms with Gasteiger partial charge in [0.05, 0.1) is 0 Å². The van der Waals surface area contributed by atoms with Crippen molar-refractivity contribution in [1.82, 2.24) is 0 Å². The molecule has 0 radical (unpaired) electrons. The Balaban J connectivity index is 1.63. The van der Waals surface area contributed by atoms with Crippen LogP contribution in [0.3, 0.4) is 0 Å². The summed E-state index contributed by atoms with van der Waals surface area (Å²) >= 11 is -0.00588. The number of fused-ring (bicyclic) bond motifs is 2. The Labute approximate surface area is 144 Å². The van der Waals surface area contributed by atoms with Crippen molar-refractivity contribution in [1.29, 1.82) is 0 Å². The quantitative estimate of drug-likeness (QED) is 0.467. The Hall–Kier alpha value is -0.416. The van der Waals surface area contributed by atoms with Crippen LogP contribution in [0.1, 0.15) is 34.6 Å². The number of benzene rings is 1. The van der Waals surface area contributed by atoms with Crippen molar-refractivity contribution in [2.24, 2.45) is 5.92 Å². The van der Waals surface area contributed by atoms with E-state index in [2.05, 4.69) is 61.9 Å². The summed E-state index contributed by atoms with van der Waals surface area (Å²) in [7, 11) is 0.0322. The summed E-state index contributed by atoms with van der Waals surface area (Å²) in [5.74, 6) is 0.882. The normalized spacial score (nSPS) is 29.1. The van der Waals surface area contributed by atoms with Crippen LogP contribution in [0, 0.1) is 5.92 Å². The number of rotatable bonds is 3. The molecule has 112 valence electrons. The van der Waals surface area contributed by atoms with Gasteiger partial charge >= 0.3 is 145 Å². The van der Waals surface area contributed by atoms with Crippen molar-refractivity contribution >= 4 is 14.0 Å². The summed E-state index contributed by atoms with van der Waals surface area (Å²) in [6, 6.07) is 9.15. The summed E-state index contributed by atoms with van der Waals surface area (Å²) in [5.41, 5.74) is 4.96. The predicted molar refractivity (Wildman–Crippen MR) is 94.2 cm³/mol. The van der Waals surface area contributed by atoms with Crippen molar-refractivity contribution < 1.29 is 19.2 Å². The number of hydrogen-bond acceptors (Lipinski definition) is 0. The molecule has 1 aromatic rings. The van der Waals surface area contributed by atoms with Crippen molar-refractivity contribution in [3.63, 3.8) is 0 Å². The molecule has 0 bridgehead atoms. The van der Waals surface area contributed by atoms with Crippen LogP contribution in [0.2, 0.25) is 4.22 Å². The average Bonchev–Trinajstić information content (AvgIpc) is 3.10. The maximum absolute atomic E-state index is 2.52. The van der Waals surface area contributed by atoms with Crippen LogP contribution in [0.4, 0.5) is 0 Å². The molecule has 0 N–H and O–H groups in total. The molecule has 0 amide bonds. The van der Waals surface area contributed by atoms with E-state index < -0.39 is 0 Å². The van der Waals surface area contributed by atoms with Crippen LogP contribution >= 0.6 is 7.92 Å². The molecule has 0 saturated heterocycles. The van der Waals surface area contributed by atoms with E-state index in [-0.39, 0.29) is 27.1 Å². The second kappa shape index (κ2) is 6.23. The van der Waals surface area contributed by atoms with E-state index in [1.165, 1.54) is 24.8 Å². The summed E-state index contributed by atoms with van der Waals surface area (Å²) in [6.45, 7) is 4.87. The Morgan fingerprint density at radius 1 is 1.14 bits per heavy atom. The summed E-state index contributed by atoms with van der Waals surface area (Å²) < 4.78 is 1.73. The molecule has 1 saturated carbocycles. The molecular formula is C20H23PTi. The Morgan fingerprint density at radius 2 is 2.00 bits per heavy atom.